The lowest BCUT2D eigenvalue weighted by Gasteiger charge is -2.23. The Morgan fingerprint density at radius 2 is 2.37 bits per heavy atom. The highest BCUT2D eigenvalue weighted by Gasteiger charge is 2.34. The molecule has 1 saturated heterocycles. The van der Waals surface area contributed by atoms with E-state index in [-0.39, 0.29) is 11.3 Å². The smallest absolute Gasteiger partial charge is 0.234 e. The molecule has 0 saturated carbocycles. The molecule has 0 bridgehead atoms. The highest BCUT2D eigenvalue weighted by Crippen LogP contribution is 2.42. The standard InChI is InChI=1S/C14H14N2OS2/c1-10-4-6-18-13(10)14-16(12(17)9-19-14)8-11-3-2-5-15-7-11/h2-7,14H,8-9H2,1H3. The van der Waals surface area contributed by atoms with Crippen molar-refractivity contribution in [2.24, 2.45) is 0 Å². The van der Waals surface area contributed by atoms with Crippen LogP contribution in [-0.4, -0.2) is 21.5 Å². The molecule has 1 atom stereocenters. The van der Waals surface area contributed by atoms with Gasteiger partial charge in [0.1, 0.15) is 5.37 Å². The van der Waals surface area contributed by atoms with Crippen LogP contribution < -0.4 is 0 Å². The number of carbonyl (C=O) groups excluding carboxylic acids is 1. The number of nitrogens with zero attached hydrogens (tertiary/aromatic N) is 2. The average Bonchev–Trinajstić information content (AvgIpc) is 2.99. The van der Waals surface area contributed by atoms with Crippen molar-refractivity contribution in [3.05, 3.63) is 52.0 Å². The molecule has 1 fully saturated rings. The fraction of sp³-hybridized carbons (Fsp3) is 0.286. The lowest BCUT2D eigenvalue weighted by Crippen LogP contribution is -2.27. The number of aryl methyl sites for hydroxylation is 1. The Bertz CT molecular complexity index is 582. The van der Waals surface area contributed by atoms with Crippen molar-refractivity contribution in [3.63, 3.8) is 0 Å². The third-order valence-electron chi connectivity index (χ3n) is 3.17. The fourth-order valence-corrected chi connectivity index (χ4v) is 4.63. The summed E-state index contributed by atoms with van der Waals surface area (Å²) in [6, 6.07) is 6.04. The topological polar surface area (TPSA) is 33.2 Å². The Morgan fingerprint density at radius 1 is 1.47 bits per heavy atom. The van der Waals surface area contributed by atoms with Crippen LogP contribution in [0.25, 0.3) is 0 Å². The van der Waals surface area contributed by atoms with Crippen molar-refractivity contribution in [1.82, 2.24) is 9.88 Å². The molecule has 0 spiro atoms. The van der Waals surface area contributed by atoms with Crippen LogP contribution in [0.4, 0.5) is 0 Å². The third kappa shape index (κ3) is 2.53. The quantitative estimate of drug-likeness (QED) is 0.870. The van der Waals surface area contributed by atoms with Gasteiger partial charge in [-0.15, -0.1) is 23.1 Å². The second-order valence-electron chi connectivity index (χ2n) is 4.51. The largest absolute Gasteiger partial charge is 0.321 e. The number of thiophene rings is 1. The molecular formula is C14H14N2OS2. The van der Waals surface area contributed by atoms with Gasteiger partial charge in [-0.05, 0) is 35.6 Å². The van der Waals surface area contributed by atoms with Crippen molar-refractivity contribution in [3.8, 4) is 0 Å². The van der Waals surface area contributed by atoms with Gasteiger partial charge in [0, 0.05) is 23.8 Å². The lowest BCUT2D eigenvalue weighted by molar-refractivity contribution is -0.128. The maximum atomic E-state index is 12.1. The predicted molar refractivity (Wildman–Crippen MR) is 79.0 cm³/mol. The van der Waals surface area contributed by atoms with E-state index in [0.717, 1.165) is 5.56 Å². The molecule has 1 aliphatic heterocycles. The Hall–Kier alpha value is -1.33. The first-order valence-corrected chi connectivity index (χ1v) is 8.02. The molecule has 2 aromatic heterocycles. The van der Waals surface area contributed by atoms with Crippen molar-refractivity contribution in [2.45, 2.75) is 18.8 Å². The van der Waals surface area contributed by atoms with Crippen molar-refractivity contribution >= 4 is 29.0 Å². The summed E-state index contributed by atoms with van der Waals surface area (Å²) in [7, 11) is 0. The van der Waals surface area contributed by atoms with E-state index in [1.807, 2.05) is 23.2 Å². The number of hydrogen-bond acceptors (Lipinski definition) is 4. The second-order valence-corrected chi connectivity index (χ2v) is 6.53. The van der Waals surface area contributed by atoms with E-state index in [1.165, 1.54) is 10.4 Å². The van der Waals surface area contributed by atoms with Gasteiger partial charge < -0.3 is 4.90 Å². The molecule has 0 aliphatic carbocycles. The number of pyridine rings is 1. The van der Waals surface area contributed by atoms with Gasteiger partial charge in [-0.1, -0.05) is 6.07 Å². The molecule has 1 aliphatic rings. The van der Waals surface area contributed by atoms with Crippen molar-refractivity contribution < 1.29 is 4.79 Å². The van der Waals surface area contributed by atoms with Gasteiger partial charge in [-0.3, -0.25) is 9.78 Å². The zero-order valence-electron chi connectivity index (χ0n) is 10.6. The number of hydrogen-bond donors (Lipinski definition) is 0. The van der Waals surface area contributed by atoms with E-state index in [2.05, 4.69) is 23.4 Å². The summed E-state index contributed by atoms with van der Waals surface area (Å²) in [5.41, 5.74) is 2.35. The van der Waals surface area contributed by atoms with Gasteiger partial charge in [-0.25, -0.2) is 0 Å². The first-order valence-electron chi connectivity index (χ1n) is 6.09. The minimum absolute atomic E-state index is 0.160. The summed E-state index contributed by atoms with van der Waals surface area (Å²) >= 11 is 3.45. The van der Waals surface area contributed by atoms with Gasteiger partial charge in [0.2, 0.25) is 5.91 Å². The van der Waals surface area contributed by atoms with Crippen molar-refractivity contribution in [2.75, 3.05) is 5.75 Å². The summed E-state index contributed by atoms with van der Waals surface area (Å²) < 4.78 is 0. The molecular weight excluding hydrogens is 276 g/mol. The normalized spacial score (nSPS) is 19.1. The first kappa shape index (κ1) is 12.7. The van der Waals surface area contributed by atoms with E-state index in [4.69, 9.17) is 0 Å². The summed E-state index contributed by atoms with van der Waals surface area (Å²) in [6.07, 6.45) is 3.58. The van der Waals surface area contributed by atoms with Gasteiger partial charge in [-0.2, -0.15) is 0 Å². The molecule has 1 unspecified atom stereocenters. The maximum absolute atomic E-state index is 12.1. The first-order chi connectivity index (χ1) is 9.25. The third-order valence-corrected chi connectivity index (χ3v) is 5.61. The number of carbonyl (C=O) groups is 1. The summed E-state index contributed by atoms with van der Waals surface area (Å²) in [5, 5.41) is 2.25. The molecule has 0 aromatic carbocycles. The summed E-state index contributed by atoms with van der Waals surface area (Å²) in [4.78, 5) is 19.5. The molecule has 19 heavy (non-hydrogen) atoms. The Kier molecular flexibility index (Phi) is 3.57. The molecule has 1 amide bonds. The second kappa shape index (κ2) is 5.35. The van der Waals surface area contributed by atoms with Crippen LogP contribution in [0.3, 0.4) is 0 Å². The molecule has 3 heterocycles. The summed E-state index contributed by atoms with van der Waals surface area (Å²) in [5.74, 6) is 0.786. The minimum atomic E-state index is 0.160. The van der Waals surface area contributed by atoms with Gasteiger partial charge in [0.15, 0.2) is 0 Å². The lowest BCUT2D eigenvalue weighted by atomic mass is 10.2. The molecule has 0 N–H and O–H groups in total. The Labute approximate surface area is 120 Å². The average molecular weight is 290 g/mol. The minimum Gasteiger partial charge on any atom is -0.321 e. The zero-order chi connectivity index (χ0) is 13.2. The van der Waals surface area contributed by atoms with E-state index < -0.39 is 0 Å². The van der Waals surface area contributed by atoms with Gasteiger partial charge in [0.05, 0.1) is 5.75 Å². The number of amides is 1. The SMILES string of the molecule is Cc1ccsc1C1SCC(=O)N1Cc1cccnc1. The molecule has 0 radical (unpaired) electrons. The predicted octanol–water partition coefficient (Wildman–Crippen LogP) is 3.23. The van der Waals surface area contributed by atoms with Gasteiger partial charge in [0.25, 0.3) is 0 Å². The van der Waals surface area contributed by atoms with Gasteiger partial charge >= 0.3 is 0 Å². The molecule has 3 nitrogen and oxygen atoms in total. The van der Waals surface area contributed by atoms with E-state index in [0.29, 0.717) is 12.3 Å². The van der Waals surface area contributed by atoms with E-state index in [9.17, 15) is 4.79 Å². The van der Waals surface area contributed by atoms with Crippen LogP contribution in [0.5, 0.6) is 0 Å². The number of aromatic nitrogens is 1. The monoisotopic (exact) mass is 290 g/mol. The van der Waals surface area contributed by atoms with Crippen LogP contribution in [0.15, 0.2) is 36.0 Å². The van der Waals surface area contributed by atoms with Crippen LogP contribution in [0.1, 0.15) is 21.4 Å². The van der Waals surface area contributed by atoms with Crippen molar-refractivity contribution in [1.29, 1.82) is 0 Å². The highest BCUT2D eigenvalue weighted by molar-refractivity contribution is 8.00. The summed E-state index contributed by atoms with van der Waals surface area (Å²) in [6.45, 7) is 2.75. The molecule has 98 valence electrons. The molecule has 5 heteroatoms. The fourth-order valence-electron chi connectivity index (χ4n) is 2.17. The van der Waals surface area contributed by atoms with Crippen LogP contribution in [0.2, 0.25) is 0 Å². The zero-order valence-corrected chi connectivity index (χ0v) is 12.2. The van der Waals surface area contributed by atoms with Crippen LogP contribution >= 0.6 is 23.1 Å². The van der Waals surface area contributed by atoms with E-state index in [1.54, 1.807) is 29.3 Å². The van der Waals surface area contributed by atoms with Crippen LogP contribution in [0, 0.1) is 6.92 Å². The number of thioether (sulfide) groups is 1. The Morgan fingerprint density at radius 3 is 3.05 bits per heavy atom. The molecule has 3 rings (SSSR count). The molecule has 2 aromatic rings. The highest BCUT2D eigenvalue weighted by atomic mass is 32.2. The van der Waals surface area contributed by atoms with E-state index >= 15 is 0 Å². The maximum Gasteiger partial charge on any atom is 0.234 e. The van der Waals surface area contributed by atoms with Crippen LogP contribution in [-0.2, 0) is 11.3 Å². The number of rotatable bonds is 3. The Balaban J connectivity index is 1.85.